The van der Waals surface area contributed by atoms with Gasteiger partial charge in [0, 0.05) is 26.4 Å². The summed E-state index contributed by atoms with van der Waals surface area (Å²) in [4.78, 5) is 21.3. The quantitative estimate of drug-likeness (QED) is 0.578. The van der Waals surface area contributed by atoms with E-state index in [1.807, 2.05) is 0 Å². The Hall–Kier alpha value is -0.900. The highest BCUT2D eigenvalue weighted by molar-refractivity contribution is 5.75. The Balaban J connectivity index is 3.79. The molecule has 0 aromatic rings. The van der Waals surface area contributed by atoms with E-state index < -0.39 is 0 Å². The average molecular weight is 188 g/mol. The van der Waals surface area contributed by atoms with E-state index in [1.165, 1.54) is 13.8 Å². The SMILES string of the molecule is COCC(COC(C)=O)CC(C)=O. The summed E-state index contributed by atoms with van der Waals surface area (Å²) in [5.41, 5.74) is 0. The van der Waals surface area contributed by atoms with Crippen molar-refractivity contribution in [3.8, 4) is 0 Å². The summed E-state index contributed by atoms with van der Waals surface area (Å²) < 4.78 is 9.68. The molecule has 76 valence electrons. The highest BCUT2D eigenvalue weighted by Crippen LogP contribution is 2.05. The number of ether oxygens (including phenoxy) is 2. The third-order valence-corrected chi connectivity index (χ3v) is 1.50. The number of esters is 1. The van der Waals surface area contributed by atoms with Crippen LogP contribution in [0.5, 0.6) is 0 Å². The van der Waals surface area contributed by atoms with Gasteiger partial charge >= 0.3 is 5.97 Å². The Morgan fingerprint density at radius 3 is 2.23 bits per heavy atom. The zero-order valence-electron chi connectivity index (χ0n) is 8.33. The van der Waals surface area contributed by atoms with Crippen LogP contribution in [0.25, 0.3) is 0 Å². The fourth-order valence-electron chi connectivity index (χ4n) is 1.04. The summed E-state index contributed by atoms with van der Waals surface area (Å²) in [5, 5.41) is 0. The van der Waals surface area contributed by atoms with Gasteiger partial charge < -0.3 is 14.3 Å². The van der Waals surface area contributed by atoms with Gasteiger partial charge in [-0.05, 0) is 6.92 Å². The van der Waals surface area contributed by atoms with Crippen LogP contribution < -0.4 is 0 Å². The number of carbonyl (C=O) groups excluding carboxylic acids is 2. The summed E-state index contributed by atoms with van der Waals surface area (Å²) in [7, 11) is 1.56. The van der Waals surface area contributed by atoms with Gasteiger partial charge in [0.1, 0.15) is 5.78 Å². The average Bonchev–Trinajstić information content (AvgIpc) is 1.99. The molecule has 0 spiro atoms. The third-order valence-electron chi connectivity index (χ3n) is 1.50. The molecule has 0 fully saturated rings. The molecule has 1 atom stereocenters. The molecule has 0 aliphatic rings. The number of Topliss-reactive ketones (excluding diaryl/α,β-unsaturated/α-hetero) is 1. The van der Waals surface area contributed by atoms with Crippen LogP contribution in [0.15, 0.2) is 0 Å². The van der Waals surface area contributed by atoms with E-state index in [-0.39, 0.29) is 24.3 Å². The van der Waals surface area contributed by atoms with Crippen LogP contribution in [0.3, 0.4) is 0 Å². The van der Waals surface area contributed by atoms with Crippen LogP contribution in [-0.2, 0) is 19.1 Å². The molecule has 0 bridgehead atoms. The molecule has 0 amide bonds. The maximum Gasteiger partial charge on any atom is 0.302 e. The summed E-state index contributed by atoms with van der Waals surface area (Å²) in [6.07, 6.45) is 0.390. The van der Waals surface area contributed by atoms with Crippen molar-refractivity contribution >= 4 is 11.8 Å². The van der Waals surface area contributed by atoms with E-state index in [4.69, 9.17) is 9.47 Å². The van der Waals surface area contributed by atoms with Crippen molar-refractivity contribution in [3.63, 3.8) is 0 Å². The lowest BCUT2D eigenvalue weighted by Gasteiger charge is -2.13. The molecule has 0 saturated carbocycles. The molecule has 0 saturated heterocycles. The second-order valence-electron chi connectivity index (χ2n) is 3.03. The zero-order valence-corrected chi connectivity index (χ0v) is 8.33. The minimum absolute atomic E-state index is 0.0219. The van der Waals surface area contributed by atoms with Crippen molar-refractivity contribution in [2.24, 2.45) is 5.92 Å². The molecule has 0 aliphatic carbocycles. The van der Waals surface area contributed by atoms with E-state index in [2.05, 4.69) is 0 Å². The highest BCUT2D eigenvalue weighted by Gasteiger charge is 2.12. The van der Waals surface area contributed by atoms with Gasteiger partial charge in [-0.15, -0.1) is 0 Å². The van der Waals surface area contributed by atoms with Crippen molar-refractivity contribution in [1.29, 1.82) is 0 Å². The van der Waals surface area contributed by atoms with Gasteiger partial charge in [-0.2, -0.15) is 0 Å². The van der Waals surface area contributed by atoms with Crippen molar-refractivity contribution in [1.82, 2.24) is 0 Å². The number of hydrogen-bond donors (Lipinski definition) is 0. The number of rotatable bonds is 6. The number of ketones is 1. The first kappa shape index (κ1) is 12.1. The maximum absolute atomic E-state index is 10.8. The van der Waals surface area contributed by atoms with Crippen molar-refractivity contribution in [2.45, 2.75) is 20.3 Å². The van der Waals surface area contributed by atoms with Crippen molar-refractivity contribution in [2.75, 3.05) is 20.3 Å². The van der Waals surface area contributed by atoms with Crippen molar-refractivity contribution in [3.05, 3.63) is 0 Å². The van der Waals surface area contributed by atoms with Gasteiger partial charge in [0.2, 0.25) is 0 Å². The molecule has 0 aromatic heterocycles. The topological polar surface area (TPSA) is 52.6 Å². The second-order valence-corrected chi connectivity index (χ2v) is 3.03. The minimum Gasteiger partial charge on any atom is -0.465 e. The van der Waals surface area contributed by atoms with Gasteiger partial charge in [-0.25, -0.2) is 0 Å². The van der Waals surface area contributed by atoms with E-state index in [9.17, 15) is 9.59 Å². The van der Waals surface area contributed by atoms with Gasteiger partial charge in [0.25, 0.3) is 0 Å². The lowest BCUT2D eigenvalue weighted by molar-refractivity contribution is -0.143. The molecular formula is C9H16O4. The molecule has 13 heavy (non-hydrogen) atoms. The smallest absolute Gasteiger partial charge is 0.302 e. The summed E-state index contributed by atoms with van der Waals surface area (Å²) in [5.74, 6) is -0.273. The molecule has 4 heteroatoms. The Kier molecular flexibility index (Phi) is 6.14. The largest absolute Gasteiger partial charge is 0.465 e. The van der Waals surface area contributed by atoms with Crippen LogP contribution in [0.1, 0.15) is 20.3 Å². The standard InChI is InChI=1S/C9H16O4/c1-7(10)4-9(5-12-3)6-13-8(2)11/h9H,4-6H2,1-3H3. The summed E-state index contributed by atoms with van der Waals surface area (Å²) in [6.45, 7) is 3.55. The normalized spacial score (nSPS) is 12.2. The molecule has 4 nitrogen and oxygen atoms in total. The van der Waals surface area contributed by atoms with Gasteiger partial charge in [-0.1, -0.05) is 0 Å². The van der Waals surface area contributed by atoms with E-state index >= 15 is 0 Å². The molecule has 0 rings (SSSR count). The van der Waals surface area contributed by atoms with Crippen molar-refractivity contribution < 1.29 is 19.1 Å². The third kappa shape index (κ3) is 7.46. The Bertz CT molecular complexity index is 176. The van der Waals surface area contributed by atoms with Gasteiger partial charge in [0.05, 0.1) is 13.2 Å². The monoisotopic (exact) mass is 188 g/mol. The number of carbonyl (C=O) groups is 2. The molecule has 0 radical (unpaired) electrons. The Morgan fingerprint density at radius 1 is 1.23 bits per heavy atom. The summed E-state index contributed by atoms with van der Waals surface area (Å²) in [6, 6.07) is 0. The molecule has 1 unspecified atom stereocenters. The Morgan fingerprint density at radius 2 is 1.85 bits per heavy atom. The van der Waals surface area contributed by atoms with E-state index in [1.54, 1.807) is 7.11 Å². The highest BCUT2D eigenvalue weighted by atomic mass is 16.5. The van der Waals surface area contributed by atoms with Crippen LogP contribution >= 0.6 is 0 Å². The van der Waals surface area contributed by atoms with Crippen LogP contribution in [0.4, 0.5) is 0 Å². The van der Waals surface area contributed by atoms with Crippen LogP contribution in [0.2, 0.25) is 0 Å². The molecule has 0 heterocycles. The summed E-state index contributed by atoms with van der Waals surface area (Å²) >= 11 is 0. The Labute approximate surface area is 78.2 Å². The first-order chi connectivity index (χ1) is 6.06. The molecule has 0 N–H and O–H groups in total. The molecular weight excluding hydrogens is 172 g/mol. The number of hydrogen-bond acceptors (Lipinski definition) is 4. The lowest BCUT2D eigenvalue weighted by Crippen LogP contribution is -2.19. The number of methoxy groups -OCH3 is 1. The molecule has 0 aromatic carbocycles. The fourth-order valence-corrected chi connectivity index (χ4v) is 1.04. The first-order valence-electron chi connectivity index (χ1n) is 4.18. The lowest BCUT2D eigenvalue weighted by atomic mass is 10.1. The van der Waals surface area contributed by atoms with Gasteiger partial charge in [-0.3, -0.25) is 4.79 Å². The minimum atomic E-state index is -0.329. The van der Waals surface area contributed by atoms with E-state index in [0.717, 1.165) is 0 Å². The second kappa shape index (κ2) is 6.60. The molecule has 0 aliphatic heterocycles. The zero-order chi connectivity index (χ0) is 10.3. The fraction of sp³-hybridized carbons (Fsp3) is 0.778. The predicted molar refractivity (Wildman–Crippen MR) is 47.3 cm³/mol. The van der Waals surface area contributed by atoms with Gasteiger partial charge in [0.15, 0.2) is 0 Å². The predicted octanol–water partition coefficient (Wildman–Crippen LogP) is 0.791. The maximum atomic E-state index is 10.8. The van der Waals surface area contributed by atoms with Crippen LogP contribution in [-0.4, -0.2) is 32.1 Å². The van der Waals surface area contributed by atoms with E-state index in [0.29, 0.717) is 13.0 Å². The first-order valence-corrected chi connectivity index (χ1v) is 4.18. The van der Waals surface area contributed by atoms with Crippen LogP contribution in [0, 0.1) is 5.92 Å².